The van der Waals surface area contributed by atoms with Gasteiger partial charge in [0.1, 0.15) is 6.07 Å². The van der Waals surface area contributed by atoms with E-state index in [1.807, 2.05) is 0 Å². The number of benzene rings is 1. The zero-order valence-electron chi connectivity index (χ0n) is 5.24. The molecular formula is C7H2F2IN. The molecule has 1 nitrogen and oxygen atoms in total. The predicted molar refractivity (Wildman–Crippen MR) is 43.8 cm³/mol. The van der Waals surface area contributed by atoms with Gasteiger partial charge in [-0.2, -0.15) is 5.26 Å². The summed E-state index contributed by atoms with van der Waals surface area (Å²) < 4.78 is 25.1. The van der Waals surface area contributed by atoms with E-state index in [-0.39, 0.29) is 9.13 Å². The van der Waals surface area contributed by atoms with Gasteiger partial charge in [0.05, 0.1) is 9.13 Å². The molecule has 56 valence electrons. The minimum Gasteiger partial charge on any atom is -0.204 e. The first-order valence-electron chi connectivity index (χ1n) is 2.70. The Morgan fingerprint density at radius 1 is 1.36 bits per heavy atom. The SMILES string of the molecule is N#Cc1ccc(F)c(F)c1I. The Balaban J connectivity index is 3.40. The van der Waals surface area contributed by atoms with Gasteiger partial charge in [-0.3, -0.25) is 0 Å². The van der Waals surface area contributed by atoms with E-state index >= 15 is 0 Å². The van der Waals surface area contributed by atoms with Gasteiger partial charge in [0, 0.05) is 0 Å². The van der Waals surface area contributed by atoms with E-state index < -0.39 is 11.6 Å². The summed E-state index contributed by atoms with van der Waals surface area (Å²) in [6, 6.07) is 3.94. The van der Waals surface area contributed by atoms with Crippen LogP contribution in [0.4, 0.5) is 8.78 Å². The number of hydrogen-bond donors (Lipinski definition) is 0. The maximum absolute atomic E-state index is 12.6. The molecule has 0 aromatic heterocycles. The van der Waals surface area contributed by atoms with E-state index in [4.69, 9.17) is 5.26 Å². The second-order valence-electron chi connectivity index (χ2n) is 1.83. The van der Waals surface area contributed by atoms with Crippen molar-refractivity contribution in [3.8, 4) is 6.07 Å². The third-order valence-electron chi connectivity index (χ3n) is 1.16. The summed E-state index contributed by atoms with van der Waals surface area (Å²) in [7, 11) is 0. The van der Waals surface area contributed by atoms with Crippen molar-refractivity contribution in [2.45, 2.75) is 0 Å². The Morgan fingerprint density at radius 3 is 2.55 bits per heavy atom. The van der Waals surface area contributed by atoms with E-state index in [9.17, 15) is 8.78 Å². The van der Waals surface area contributed by atoms with Crippen LogP contribution in [0, 0.1) is 26.5 Å². The van der Waals surface area contributed by atoms with Gasteiger partial charge in [0.2, 0.25) is 0 Å². The molecule has 0 radical (unpaired) electrons. The summed E-state index contributed by atoms with van der Waals surface area (Å²) in [5.74, 6) is -1.88. The topological polar surface area (TPSA) is 23.8 Å². The van der Waals surface area contributed by atoms with Crippen LogP contribution in [0.2, 0.25) is 0 Å². The number of nitrogens with zero attached hydrogens (tertiary/aromatic N) is 1. The molecule has 0 N–H and O–H groups in total. The van der Waals surface area contributed by atoms with Crippen molar-refractivity contribution in [1.82, 2.24) is 0 Å². The Labute approximate surface area is 75.8 Å². The van der Waals surface area contributed by atoms with E-state index in [0.717, 1.165) is 6.07 Å². The molecule has 0 aliphatic rings. The lowest BCUT2D eigenvalue weighted by molar-refractivity contribution is 0.503. The van der Waals surface area contributed by atoms with Crippen molar-refractivity contribution in [3.05, 3.63) is 32.9 Å². The minimum absolute atomic E-state index is 0.0325. The highest BCUT2D eigenvalue weighted by atomic mass is 127. The van der Waals surface area contributed by atoms with Crippen LogP contribution in [0.15, 0.2) is 12.1 Å². The average Bonchev–Trinajstić information content (AvgIpc) is 2.01. The summed E-state index contributed by atoms with van der Waals surface area (Å²) in [5.41, 5.74) is 0.157. The molecule has 0 saturated carbocycles. The van der Waals surface area contributed by atoms with E-state index in [0.29, 0.717) is 0 Å². The van der Waals surface area contributed by atoms with Crippen molar-refractivity contribution in [2.75, 3.05) is 0 Å². The standard InChI is InChI=1S/C7H2F2IN/c8-5-2-1-4(3-11)7(10)6(5)9/h1-2H. The average molecular weight is 265 g/mol. The normalized spacial score (nSPS) is 9.27. The Kier molecular flexibility index (Phi) is 2.39. The van der Waals surface area contributed by atoms with Crippen molar-refractivity contribution >= 4 is 22.6 Å². The molecular weight excluding hydrogens is 263 g/mol. The second kappa shape index (κ2) is 3.13. The van der Waals surface area contributed by atoms with E-state index in [1.54, 1.807) is 28.7 Å². The zero-order valence-corrected chi connectivity index (χ0v) is 7.39. The summed E-state index contributed by atoms with van der Waals surface area (Å²) in [6.07, 6.45) is 0. The highest BCUT2D eigenvalue weighted by molar-refractivity contribution is 14.1. The van der Waals surface area contributed by atoms with Crippen molar-refractivity contribution in [1.29, 1.82) is 5.26 Å². The largest absolute Gasteiger partial charge is 0.204 e. The molecule has 0 aliphatic carbocycles. The van der Waals surface area contributed by atoms with Crippen LogP contribution in [0.3, 0.4) is 0 Å². The van der Waals surface area contributed by atoms with Gasteiger partial charge in [-0.25, -0.2) is 8.78 Å². The Bertz CT molecular complexity index is 330. The number of hydrogen-bond acceptors (Lipinski definition) is 1. The fourth-order valence-electron chi connectivity index (χ4n) is 0.612. The molecule has 1 rings (SSSR count). The molecule has 0 aliphatic heterocycles. The summed E-state index contributed by atoms with van der Waals surface area (Å²) in [5, 5.41) is 8.39. The van der Waals surface area contributed by atoms with Gasteiger partial charge >= 0.3 is 0 Å². The van der Waals surface area contributed by atoms with Gasteiger partial charge < -0.3 is 0 Å². The monoisotopic (exact) mass is 265 g/mol. The first kappa shape index (κ1) is 8.40. The van der Waals surface area contributed by atoms with Crippen LogP contribution >= 0.6 is 22.6 Å². The van der Waals surface area contributed by atoms with Gasteiger partial charge in [-0.1, -0.05) is 0 Å². The molecule has 4 heteroatoms. The first-order chi connectivity index (χ1) is 5.16. The van der Waals surface area contributed by atoms with E-state index in [1.165, 1.54) is 6.07 Å². The first-order valence-corrected chi connectivity index (χ1v) is 3.78. The predicted octanol–water partition coefficient (Wildman–Crippen LogP) is 2.44. The van der Waals surface area contributed by atoms with Crippen LogP contribution in [0.25, 0.3) is 0 Å². The molecule has 0 unspecified atom stereocenters. The third kappa shape index (κ3) is 1.48. The summed E-state index contributed by atoms with van der Waals surface area (Å²) >= 11 is 1.59. The lowest BCUT2D eigenvalue weighted by Crippen LogP contribution is -1.91. The number of nitriles is 1. The molecule has 0 atom stereocenters. The van der Waals surface area contributed by atoms with E-state index in [2.05, 4.69) is 0 Å². The molecule has 0 saturated heterocycles. The lowest BCUT2D eigenvalue weighted by atomic mass is 10.2. The molecule has 0 bridgehead atoms. The number of rotatable bonds is 0. The third-order valence-corrected chi connectivity index (χ3v) is 2.21. The van der Waals surface area contributed by atoms with Crippen LogP contribution < -0.4 is 0 Å². The van der Waals surface area contributed by atoms with Crippen LogP contribution in [0.5, 0.6) is 0 Å². The Morgan fingerprint density at radius 2 is 2.00 bits per heavy atom. The molecule has 0 heterocycles. The van der Waals surface area contributed by atoms with Gasteiger partial charge in [0.25, 0.3) is 0 Å². The fourth-order valence-corrected chi connectivity index (χ4v) is 1.17. The highest BCUT2D eigenvalue weighted by Crippen LogP contribution is 2.17. The smallest absolute Gasteiger partial charge is 0.173 e. The zero-order chi connectivity index (χ0) is 8.43. The van der Waals surface area contributed by atoms with Crippen LogP contribution in [0.1, 0.15) is 5.56 Å². The van der Waals surface area contributed by atoms with Crippen molar-refractivity contribution in [2.24, 2.45) is 0 Å². The summed E-state index contributed by atoms with van der Waals surface area (Å²) in [4.78, 5) is 0. The maximum atomic E-state index is 12.6. The highest BCUT2D eigenvalue weighted by Gasteiger charge is 2.09. The van der Waals surface area contributed by atoms with Crippen molar-refractivity contribution in [3.63, 3.8) is 0 Å². The van der Waals surface area contributed by atoms with Gasteiger partial charge in [0.15, 0.2) is 11.6 Å². The second-order valence-corrected chi connectivity index (χ2v) is 2.91. The minimum atomic E-state index is -0.954. The molecule has 0 fully saturated rings. The molecule has 11 heavy (non-hydrogen) atoms. The van der Waals surface area contributed by atoms with Crippen LogP contribution in [-0.2, 0) is 0 Å². The molecule has 0 amide bonds. The lowest BCUT2D eigenvalue weighted by Gasteiger charge is -1.96. The summed E-state index contributed by atoms with van der Waals surface area (Å²) in [6.45, 7) is 0. The van der Waals surface area contributed by atoms with Crippen LogP contribution in [-0.4, -0.2) is 0 Å². The Hall–Kier alpha value is -0.700. The number of halogens is 3. The molecule has 1 aromatic carbocycles. The van der Waals surface area contributed by atoms with Gasteiger partial charge in [-0.05, 0) is 34.7 Å². The quantitative estimate of drug-likeness (QED) is 0.522. The van der Waals surface area contributed by atoms with Gasteiger partial charge in [-0.15, -0.1) is 0 Å². The van der Waals surface area contributed by atoms with Crippen molar-refractivity contribution < 1.29 is 8.78 Å². The molecule has 0 spiro atoms. The fraction of sp³-hybridized carbons (Fsp3) is 0. The molecule has 1 aromatic rings. The maximum Gasteiger partial charge on any atom is 0.173 e.